The SMILES string of the molecule is CCO[C@@H]1C[C@@H](NC2CCN(C(=O)CC)CC2)C12CCCCC2. The van der Waals surface area contributed by atoms with Gasteiger partial charge in [-0.3, -0.25) is 4.79 Å². The highest BCUT2D eigenvalue weighted by Gasteiger charge is 2.55. The van der Waals surface area contributed by atoms with E-state index in [9.17, 15) is 4.79 Å². The third kappa shape index (κ3) is 3.43. The molecule has 2 saturated carbocycles. The minimum absolute atomic E-state index is 0.312. The number of nitrogens with zero attached hydrogens (tertiary/aromatic N) is 1. The number of carbonyl (C=O) groups excluding carboxylic acids is 1. The summed E-state index contributed by atoms with van der Waals surface area (Å²) in [6.45, 7) is 6.79. The van der Waals surface area contributed by atoms with E-state index in [2.05, 4.69) is 12.2 Å². The molecule has 23 heavy (non-hydrogen) atoms. The molecule has 3 fully saturated rings. The van der Waals surface area contributed by atoms with Gasteiger partial charge in [0.1, 0.15) is 0 Å². The van der Waals surface area contributed by atoms with E-state index < -0.39 is 0 Å². The van der Waals surface area contributed by atoms with Gasteiger partial charge in [-0.05, 0) is 39.0 Å². The van der Waals surface area contributed by atoms with E-state index in [0.717, 1.165) is 32.5 Å². The Morgan fingerprint density at radius 3 is 2.48 bits per heavy atom. The van der Waals surface area contributed by atoms with Gasteiger partial charge in [0.25, 0.3) is 0 Å². The van der Waals surface area contributed by atoms with E-state index in [4.69, 9.17) is 4.74 Å². The fourth-order valence-electron chi connectivity index (χ4n) is 5.10. The zero-order chi connectivity index (χ0) is 16.3. The van der Waals surface area contributed by atoms with Crippen LogP contribution in [-0.4, -0.2) is 48.7 Å². The highest BCUT2D eigenvalue weighted by atomic mass is 16.5. The Balaban J connectivity index is 1.53. The van der Waals surface area contributed by atoms with E-state index >= 15 is 0 Å². The van der Waals surface area contributed by atoms with Crippen LogP contribution in [0.4, 0.5) is 0 Å². The van der Waals surface area contributed by atoms with Crippen molar-refractivity contribution in [1.82, 2.24) is 10.2 Å². The first kappa shape index (κ1) is 17.2. The van der Waals surface area contributed by atoms with Crippen molar-refractivity contribution in [2.24, 2.45) is 5.41 Å². The van der Waals surface area contributed by atoms with E-state index in [0.29, 0.717) is 35.9 Å². The van der Waals surface area contributed by atoms with Crippen molar-refractivity contribution >= 4 is 5.91 Å². The summed E-state index contributed by atoms with van der Waals surface area (Å²) in [5.41, 5.74) is 0.407. The summed E-state index contributed by atoms with van der Waals surface area (Å²) in [7, 11) is 0. The Kier molecular flexibility index (Phi) is 5.63. The largest absolute Gasteiger partial charge is 0.378 e. The standard InChI is InChI=1S/C19H34N2O2/c1-3-18(22)21-12-8-15(9-13-21)20-16-14-17(23-4-2)19(16)10-6-5-7-11-19/h15-17,20H,3-14H2,1-2H3/t16-,17-/m1/s1. The topological polar surface area (TPSA) is 41.6 Å². The summed E-state index contributed by atoms with van der Waals surface area (Å²) in [5.74, 6) is 0.312. The van der Waals surface area contributed by atoms with Gasteiger partial charge in [0.2, 0.25) is 5.91 Å². The fourth-order valence-corrected chi connectivity index (χ4v) is 5.10. The first-order valence-corrected chi connectivity index (χ1v) is 9.85. The predicted molar refractivity (Wildman–Crippen MR) is 92.4 cm³/mol. The number of carbonyl (C=O) groups is 1. The molecular formula is C19H34N2O2. The predicted octanol–water partition coefficient (Wildman–Crippen LogP) is 3.10. The van der Waals surface area contributed by atoms with Gasteiger partial charge in [-0.2, -0.15) is 0 Å². The van der Waals surface area contributed by atoms with Crippen molar-refractivity contribution in [3.63, 3.8) is 0 Å². The maximum atomic E-state index is 11.8. The number of rotatable bonds is 5. The average molecular weight is 322 g/mol. The summed E-state index contributed by atoms with van der Waals surface area (Å²) in [6.07, 6.45) is 11.3. The van der Waals surface area contributed by atoms with Crippen LogP contribution >= 0.6 is 0 Å². The molecule has 1 heterocycles. The molecule has 2 atom stereocenters. The van der Waals surface area contributed by atoms with Gasteiger partial charge in [-0.25, -0.2) is 0 Å². The number of ether oxygens (including phenoxy) is 1. The first-order chi connectivity index (χ1) is 11.2. The lowest BCUT2D eigenvalue weighted by molar-refractivity contribution is -0.153. The van der Waals surface area contributed by atoms with E-state index in [-0.39, 0.29) is 0 Å². The summed E-state index contributed by atoms with van der Waals surface area (Å²) >= 11 is 0. The second-order valence-electron chi connectivity index (χ2n) is 7.70. The molecule has 0 aromatic heterocycles. The van der Waals surface area contributed by atoms with Crippen LogP contribution in [0.3, 0.4) is 0 Å². The average Bonchev–Trinajstić information content (AvgIpc) is 2.61. The van der Waals surface area contributed by atoms with E-state index in [1.165, 1.54) is 38.5 Å². The third-order valence-electron chi connectivity index (χ3n) is 6.52. The van der Waals surface area contributed by atoms with Crippen molar-refractivity contribution < 1.29 is 9.53 Å². The van der Waals surface area contributed by atoms with Crippen LogP contribution in [0.5, 0.6) is 0 Å². The maximum absolute atomic E-state index is 11.8. The molecule has 1 amide bonds. The number of amides is 1. The molecule has 3 aliphatic rings. The van der Waals surface area contributed by atoms with Crippen LogP contribution in [-0.2, 0) is 9.53 Å². The minimum atomic E-state index is 0.312. The zero-order valence-corrected chi connectivity index (χ0v) is 15.0. The molecule has 0 unspecified atom stereocenters. The molecule has 2 aliphatic carbocycles. The fraction of sp³-hybridized carbons (Fsp3) is 0.947. The van der Waals surface area contributed by atoms with E-state index in [1.807, 2.05) is 11.8 Å². The van der Waals surface area contributed by atoms with Gasteiger partial charge in [-0.15, -0.1) is 0 Å². The Labute approximate surface area is 141 Å². The van der Waals surface area contributed by atoms with Crippen molar-refractivity contribution in [3.8, 4) is 0 Å². The number of piperidine rings is 1. The van der Waals surface area contributed by atoms with Crippen molar-refractivity contribution in [3.05, 3.63) is 0 Å². The summed E-state index contributed by atoms with van der Waals surface area (Å²) in [5, 5.41) is 3.96. The molecule has 0 bridgehead atoms. The van der Waals surface area contributed by atoms with Crippen molar-refractivity contribution in [2.75, 3.05) is 19.7 Å². The zero-order valence-electron chi connectivity index (χ0n) is 15.0. The molecule has 4 nitrogen and oxygen atoms in total. The van der Waals surface area contributed by atoms with Crippen LogP contribution in [0.2, 0.25) is 0 Å². The molecule has 4 heteroatoms. The molecule has 3 rings (SSSR count). The Hall–Kier alpha value is -0.610. The van der Waals surface area contributed by atoms with Crippen LogP contribution in [0, 0.1) is 5.41 Å². The van der Waals surface area contributed by atoms with Gasteiger partial charge < -0.3 is 15.0 Å². The first-order valence-electron chi connectivity index (χ1n) is 9.85. The Morgan fingerprint density at radius 2 is 1.87 bits per heavy atom. The third-order valence-corrected chi connectivity index (χ3v) is 6.52. The molecule has 0 aromatic rings. The lowest BCUT2D eigenvalue weighted by Gasteiger charge is -2.59. The van der Waals surface area contributed by atoms with Crippen LogP contribution in [0.25, 0.3) is 0 Å². The van der Waals surface area contributed by atoms with Crippen LogP contribution < -0.4 is 5.32 Å². The van der Waals surface area contributed by atoms with Gasteiger partial charge in [-0.1, -0.05) is 26.2 Å². The van der Waals surface area contributed by atoms with Gasteiger partial charge in [0.15, 0.2) is 0 Å². The molecule has 0 aromatic carbocycles. The molecule has 1 N–H and O–H groups in total. The lowest BCUT2D eigenvalue weighted by Crippen LogP contribution is -2.66. The Bertz CT molecular complexity index is 398. The van der Waals surface area contributed by atoms with Crippen molar-refractivity contribution in [1.29, 1.82) is 0 Å². The van der Waals surface area contributed by atoms with Gasteiger partial charge >= 0.3 is 0 Å². The van der Waals surface area contributed by atoms with E-state index in [1.54, 1.807) is 0 Å². The number of likely N-dealkylation sites (tertiary alicyclic amines) is 1. The second kappa shape index (κ2) is 7.52. The van der Waals surface area contributed by atoms with Gasteiger partial charge in [0.05, 0.1) is 6.10 Å². The normalized spacial score (nSPS) is 31.1. The second-order valence-corrected chi connectivity index (χ2v) is 7.70. The smallest absolute Gasteiger partial charge is 0.222 e. The minimum Gasteiger partial charge on any atom is -0.378 e. The highest BCUT2D eigenvalue weighted by Crippen LogP contribution is 2.53. The van der Waals surface area contributed by atoms with Crippen molar-refractivity contribution in [2.45, 2.75) is 89.8 Å². The Morgan fingerprint density at radius 1 is 1.17 bits per heavy atom. The molecule has 1 saturated heterocycles. The number of nitrogens with one attached hydrogen (secondary N) is 1. The molecular weight excluding hydrogens is 288 g/mol. The maximum Gasteiger partial charge on any atom is 0.222 e. The van der Waals surface area contributed by atoms with Crippen LogP contribution in [0.15, 0.2) is 0 Å². The molecule has 1 aliphatic heterocycles. The molecule has 1 spiro atoms. The lowest BCUT2D eigenvalue weighted by atomic mass is 9.55. The van der Waals surface area contributed by atoms with Crippen LogP contribution in [0.1, 0.15) is 71.6 Å². The highest BCUT2D eigenvalue weighted by molar-refractivity contribution is 5.75. The van der Waals surface area contributed by atoms with Gasteiger partial charge in [0, 0.05) is 43.6 Å². The summed E-state index contributed by atoms with van der Waals surface area (Å²) < 4.78 is 6.06. The summed E-state index contributed by atoms with van der Waals surface area (Å²) in [6, 6.07) is 1.22. The number of hydrogen-bond donors (Lipinski definition) is 1. The summed E-state index contributed by atoms with van der Waals surface area (Å²) in [4.78, 5) is 13.8. The quantitative estimate of drug-likeness (QED) is 0.845. The monoisotopic (exact) mass is 322 g/mol. The number of hydrogen-bond acceptors (Lipinski definition) is 3. The molecule has 0 radical (unpaired) electrons. The molecule has 132 valence electrons.